The Hall–Kier alpha value is -0.730. The van der Waals surface area contributed by atoms with E-state index in [2.05, 4.69) is 21.2 Å². The number of carboxylic acid groups (broad SMARTS) is 1. The molecule has 0 aliphatic rings. The number of aliphatic carboxylic acids is 1. The summed E-state index contributed by atoms with van der Waals surface area (Å²) in [6, 6.07) is 0.726. The summed E-state index contributed by atoms with van der Waals surface area (Å²) in [4.78, 5) is 24.5. The Morgan fingerprint density at radius 2 is 2.30 bits per heavy atom. The standard InChI is InChI=1S/C12H17BrN2O3S2/c1-15(6-8-5-10(13)20-7-8)12(18)14-9(11(16)17)3-4-19-2/h5,7,9H,3-4,6H2,1-2H3,(H,14,18)(H,16,17)/t9-/m1/s1. The zero-order valence-electron chi connectivity index (χ0n) is 11.3. The van der Waals surface area contributed by atoms with Crippen molar-refractivity contribution in [1.29, 1.82) is 0 Å². The van der Waals surface area contributed by atoms with Crippen LogP contribution in [0.1, 0.15) is 12.0 Å². The Kier molecular flexibility index (Phi) is 7.39. The predicted octanol–water partition coefficient (Wildman–Crippen LogP) is 2.86. The summed E-state index contributed by atoms with van der Waals surface area (Å²) in [5.41, 5.74) is 1.01. The van der Waals surface area contributed by atoms with Gasteiger partial charge in [0.2, 0.25) is 0 Å². The van der Waals surface area contributed by atoms with Gasteiger partial charge in [0.1, 0.15) is 6.04 Å². The molecule has 0 saturated heterocycles. The summed E-state index contributed by atoms with van der Waals surface area (Å²) in [5.74, 6) is -0.308. The number of halogens is 1. The predicted molar refractivity (Wildman–Crippen MR) is 86.4 cm³/mol. The number of carboxylic acids is 1. The molecule has 0 saturated carbocycles. The summed E-state index contributed by atoms with van der Waals surface area (Å²) in [5, 5.41) is 13.6. The zero-order chi connectivity index (χ0) is 15.1. The molecule has 2 N–H and O–H groups in total. The van der Waals surface area contributed by atoms with Gasteiger partial charge in [-0.15, -0.1) is 11.3 Å². The molecule has 1 heterocycles. The highest BCUT2D eigenvalue weighted by atomic mass is 79.9. The fraction of sp³-hybridized carbons (Fsp3) is 0.500. The summed E-state index contributed by atoms with van der Waals surface area (Å²) in [7, 11) is 1.65. The van der Waals surface area contributed by atoms with Gasteiger partial charge in [-0.25, -0.2) is 9.59 Å². The van der Waals surface area contributed by atoms with Gasteiger partial charge in [0.05, 0.1) is 3.79 Å². The normalized spacial score (nSPS) is 11.9. The van der Waals surface area contributed by atoms with Gasteiger partial charge in [-0.05, 0) is 51.4 Å². The van der Waals surface area contributed by atoms with Crippen LogP contribution in [0.4, 0.5) is 4.79 Å². The van der Waals surface area contributed by atoms with E-state index in [9.17, 15) is 9.59 Å². The van der Waals surface area contributed by atoms with E-state index in [1.807, 2.05) is 17.7 Å². The van der Waals surface area contributed by atoms with E-state index in [1.165, 1.54) is 4.90 Å². The van der Waals surface area contributed by atoms with E-state index in [0.717, 1.165) is 9.35 Å². The van der Waals surface area contributed by atoms with E-state index in [0.29, 0.717) is 18.7 Å². The average molecular weight is 381 g/mol. The van der Waals surface area contributed by atoms with Crippen molar-refractivity contribution in [3.63, 3.8) is 0 Å². The highest BCUT2D eigenvalue weighted by molar-refractivity contribution is 9.11. The molecular formula is C12H17BrN2O3S2. The smallest absolute Gasteiger partial charge is 0.326 e. The van der Waals surface area contributed by atoms with Crippen molar-refractivity contribution in [2.75, 3.05) is 19.1 Å². The van der Waals surface area contributed by atoms with Crippen molar-refractivity contribution in [2.45, 2.75) is 19.0 Å². The Labute approximate surface area is 134 Å². The molecule has 20 heavy (non-hydrogen) atoms. The molecule has 0 unspecified atom stereocenters. The lowest BCUT2D eigenvalue weighted by atomic mass is 10.2. The third-order valence-electron chi connectivity index (χ3n) is 2.59. The average Bonchev–Trinajstić information content (AvgIpc) is 2.79. The maximum atomic E-state index is 12.0. The SMILES string of the molecule is CSCC[C@@H](NC(=O)N(C)Cc1csc(Br)c1)C(=O)O. The molecule has 0 spiro atoms. The fourth-order valence-electron chi connectivity index (χ4n) is 1.53. The van der Waals surface area contributed by atoms with Gasteiger partial charge in [-0.3, -0.25) is 0 Å². The molecule has 0 aromatic carbocycles. The quantitative estimate of drug-likeness (QED) is 0.762. The molecule has 112 valence electrons. The number of thiophene rings is 1. The molecule has 1 atom stereocenters. The number of urea groups is 1. The Morgan fingerprint density at radius 3 is 2.80 bits per heavy atom. The summed E-state index contributed by atoms with van der Waals surface area (Å²) in [6.45, 7) is 0.447. The first-order valence-electron chi connectivity index (χ1n) is 5.90. The van der Waals surface area contributed by atoms with Crippen molar-refractivity contribution < 1.29 is 14.7 Å². The number of carbonyl (C=O) groups is 2. The first kappa shape index (κ1) is 17.3. The van der Waals surface area contributed by atoms with Crippen LogP contribution in [0.25, 0.3) is 0 Å². The lowest BCUT2D eigenvalue weighted by molar-refractivity contribution is -0.139. The molecule has 0 bridgehead atoms. The van der Waals surface area contributed by atoms with Crippen molar-refractivity contribution in [2.24, 2.45) is 0 Å². The number of rotatable bonds is 7. The zero-order valence-corrected chi connectivity index (χ0v) is 14.5. The maximum absolute atomic E-state index is 12.0. The van der Waals surface area contributed by atoms with Crippen LogP contribution < -0.4 is 5.32 Å². The van der Waals surface area contributed by atoms with Crippen LogP contribution in [-0.4, -0.2) is 47.1 Å². The summed E-state index contributed by atoms with van der Waals surface area (Å²) < 4.78 is 1.00. The molecule has 0 aliphatic heterocycles. The van der Waals surface area contributed by atoms with E-state index in [1.54, 1.807) is 30.1 Å². The van der Waals surface area contributed by atoms with Gasteiger partial charge in [0, 0.05) is 13.6 Å². The largest absolute Gasteiger partial charge is 0.480 e. The van der Waals surface area contributed by atoms with Crippen LogP contribution in [-0.2, 0) is 11.3 Å². The number of nitrogens with one attached hydrogen (secondary N) is 1. The molecular weight excluding hydrogens is 364 g/mol. The second-order valence-electron chi connectivity index (χ2n) is 4.24. The maximum Gasteiger partial charge on any atom is 0.326 e. The first-order chi connectivity index (χ1) is 9.43. The molecule has 1 aromatic rings. The molecule has 0 radical (unpaired) electrons. The van der Waals surface area contributed by atoms with Crippen LogP contribution in [0, 0.1) is 0 Å². The van der Waals surface area contributed by atoms with Crippen LogP contribution in [0.3, 0.4) is 0 Å². The number of hydrogen-bond donors (Lipinski definition) is 2. The number of nitrogens with zero attached hydrogens (tertiary/aromatic N) is 1. The molecule has 5 nitrogen and oxygen atoms in total. The molecule has 2 amide bonds. The van der Waals surface area contributed by atoms with Gasteiger partial charge < -0.3 is 15.3 Å². The minimum absolute atomic E-state index is 0.374. The first-order valence-corrected chi connectivity index (χ1v) is 8.97. The second-order valence-corrected chi connectivity index (χ2v) is 7.51. The van der Waals surface area contributed by atoms with Crippen molar-refractivity contribution >= 4 is 51.0 Å². The van der Waals surface area contributed by atoms with Gasteiger partial charge in [-0.2, -0.15) is 11.8 Å². The lowest BCUT2D eigenvalue weighted by Gasteiger charge is -2.21. The van der Waals surface area contributed by atoms with Crippen LogP contribution in [0.15, 0.2) is 15.2 Å². The minimum atomic E-state index is -1.00. The Bertz CT molecular complexity index is 467. The van der Waals surface area contributed by atoms with Crippen LogP contribution in [0.5, 0.6) is 0 Å². The van der Waals surface area contributed by atoms with Gasteiger partial charge >= 0.3 is 12.0 Å². The minimum Gasteiger partial charge on any atom is -0.480 e. The highest BCUT2D eigenvalue weighted by Crippen LogP contribution is 2.21. The van der Waals surface area contributed by atoms with E-state index >= 15 is 0 Å². The Morgan fingerprint density at radius 1 is 1.60 bits per heavy atom. The van der Waals surface area contributed by atoms with Crippen molar-refractivity contribution in [3.8, 4) is 0 Å². The van der Waals surface area contributed by atoms with Gasteiger partial charge in [0.15, 0.2) is 0 Å². The summed E-state index contributed by atoms with van der Waals surface area (Å²) >= 11 is 6.47. The monoisotopic (exact) mass is 380 g/mol. The molecule has 8 heteroatoms. The lowest BCUT2D eigenvalue weighted by Crippen LogP contribution is -2.46. The van der Waals surface area contributed by atoms with E-state index < -0.39 is 12.0 Å². The van der Waals surface area contributed by atoms with E-state index in [-0.39, 0.29) is 6.03 Å². The number of thioether (sulfide) groups is 1. The fourth-order valence-corrected chi connectivity index (χ4v) is 3.20. The van der Waals surface area contributed by atoms with Crippen molar-refractivity contribution in [3.05, 3.63) is 20.8 Å². The van der Waals surface area contributed by atoms with Crippen molar-refractivity contribution in [1.82, 2.24) is 10.2 Å². The van der Waals surface area contributed by atoms with Crippen LogP contribution >= 0.6 is 39.0 Å². The topological polar surface area (TPSA) is 69.6 Å². The van der Waals surface area contributed by atoms with Gasteiger partial charge in [-0.1, -0.05) is 0 Å². The highest BCUT2D eigenvalue weighted by Gasteiger charge is 2.21. The molecule has 1 aromatic heterocycles. The van der Waals surface area contributed by atoms with E-state index in [4.69, 9.17) is 5.11 Å². The second kappa shape index (κ2) is 8.53. The summed E-state index contributed by atoms with van der Waals surface area (Å²) in [6.07, 6.45) is 2.32. The number of amides is 2. The molecule has 0 fully saturated rings. The third-order valence-corrected chi connectivity index (χ3v) is 4.79. The van der Waals surface area contributed by atoms with Gasteiger partial charge in [0.25, 0.3) is 0 Å². The molecule has 1 rings (SSSR count). The van der Waals surface area contributed by atoms with Crippen LogP contribution in [0.2, 0.25) is 0 Å². The Balaban J connectivity index is 2.52. The third kappa shape index (κ3) is 5.72. The molecule has 0 aliphatic carbocycles. The number of carbonyl (C=O) groups excluding carboxylic acids is 1. The number of hydrogen-bond acceptors (Lipinski definition) is 4.